The van der Waals surface area contributed by atoms with Crippen molar-refractivity contribution in [2.75, 3.05) is 13.1 Å². The van der Waals surface area contributed by atoms with Crippen LogP contribution < -0.4 is 5.73 Å². The molecule has 1 aliphatic rings. The van der Waals surface area contributed by atoms with Crippen LogP contribution in [0.1, 0.15) is 57.1 Å². The topological polar surface area (TPSA) is 29.3 Å². The lowest BCUT2D eigenvalue weighted by Crippen LogP contribution is -2.42. The van der Waals surface area contributed by atoms with E-state index in [2.05, 4.69) is 52.0 Å². The van der Waals surface area contributed by atoms with Gasteiger partial charge in [-0.3, -0.25) is 4.90 Å². The molecule has 2 nitrogen and oxygen atoms in total. The zero-order valence-electron chi connectivity index (χ0n) is 12.5. The fraction of sp³-hybridized carbons (Fsp3) is 0.647. The summed E-state index contributed by atoms with van der Waals surface area (Å²) in [5.41, 5.74) is 7.83. The lowest BCUT2D eigenvalue weighted by Gasteiger charge is -2.37. The fourth-order valence-electron chi connectivity index (χ4n) is 3.19. The molecule has 112 valence electrons. The second-order valence-electron chi connectivity index (χ2n) is 5.84. The van der Waals surface area contributed by atoms with E-state index in [1.807, 2.05) is 0 Å². The van der Waals surface area contributed by atoms with Gasteiger partial charge in [0.15, 0.2) is 0 Å². The molecule has 0 bridgehead atoms. The number of halogens is 1. The number of hydrogen-bond acceptors (Lipinski definition) is 2. The highest BCUT2D eigenvalue weighted by atomic mass is 79.9. The number of benzene rings is 1. The maximum Gasteiger partial charge on any atom is 0.0510 e. The zero-order valence-corrected chi connectivity index (χ0v) is 14.1. The molecule has 1 saturated heterocycles. The van der Waals surface area contributed by atoms with Gasteiger partial charge in [-0.25, -0.2) is 0 Å². The summed E-state index contributed by atoms with van der Waals surface area (Å²) in [7, 11) is 0. The molecule has 0 amide bonds. The van der Waals surface area contributed by atoms with E-state index in [1.165, 1.54) is 55.2 Å². The highest BCUT2D eigenvalue weighted by Gasteiger charge is 2.27. The monoisotopic (exact) mass is 338 g/mol. The van der Waals surface area contributed by atoms with Crippen LogP contribution in [0.15, 0.2) is 28.7 Å². The van der Waals surface area contributed by atoms with Crippen LogP contribution >= 0.6 is 15.9 Å². The highest BCUT2D eigenvalue weighted by molar-refractivity contribution is 9.10. The minimum atomic E-state index is 0.202. The Morgan fingerprint density at radius 2 is 1.70 bits per heavy atom. The van der Waals surface area contributed by atoms with Crippen molar-refractivity contribution >= 4 is 15.9 Å². The maximum absolute atomic E-state index is 6.48. The van der Waals surface area contributed by atoms with Gasteiger partial charge >= 0.3 is 0 Å². The summed E-state index contributed by atoms with van der Waals surface area (Å²) in [6, 6.07) is 9.11. The van der Waals surface area contributed by atoms with Gasteiger partial charge in [-0.1, -0.05) is 60.3 Å². The van der Waals surface area contributed by atoms with Crippen molar-refractivity contribution in [2.24, 2.45) is 5.73 Å². The Morgan fingerprint density at radius 3 is 2.30 bits per heavy atom. The van der Waals surface area contributed by atoms with E-state index in [9.17, 15) is 0 Å². The van der Waals surface area contributed by atoms with Crippen molar-refractivity contribution in [1.82, 2.24) is 4.90 Å². The van der Waals surface area contributed by atoms with Gasteiger partial charge in [0, 0.05) is 10.5 Å². The lowest BCUT2D eigenvalue weighted by molar-refractivity contribution is 0.154. The first kappa shape index (κ1) is 16.0. The fourth-order valence-corrected chi connectivity index (χ4v) is 3.71. The van der Waals surface area contributed by atoms with Crippen molar-refractivity contribution in [1.29, 1.82) is 0 Å². The van der Waals surface area contributed by atoms with Crippen molar-refractivity contribution in [3.8, 4) is 0 Å². The van der Waals surface area contributed by atoms with E-state index in [0.29, 0.717) is 6.04 Å². The first-order valence-electron chi connectivity index (χ1n) is 7.98. The average molecular weight is 339 g/mol. The van der Waals surface area contributed by atoms with Crippen LogP contribution in [0.4, 0.5) is 0 Å². The largest absolute Gasteiger partial charge is 0.326 e. The van der Waals surface area contributed by atoms with Crippen molar-refractivity contribution < 1.29 is 0 Å². The molecule has 0 spiro atoms. The average Bonchev–Trinajstić information content (AvgIpc) is 2.42. The smallest absolute Gasteiger partial charge is 0.0510 e. The van der Waals surface area contributed by atoms with Crippen LogP contribution in [0.2, 0.25) is 0 Å². The number of nitrogens with zero attached hydrogens (tertiary/aromatic N) is 1. The van der Waals surface area contributed by atoms with E-state index >= 15 is 0 Å². The van der Waals surface area contributed by atoms with Crippen LogP contribution in [0, 0.1) is 0 Å². The first-order valence-corrected chi connectivity index (χ1v) is 8.77. The number of likely N-dealkylation sites (tertiary alicyclic amines) is 1. The molecule has 2 rings (SSSR count). The lowest BCUT2D eigenvalue weighted by atomic mass is 9.94. The number of hydrogen-bond donors (Lipinski definition) is 1. The molecule has 1 aromatic rings. The van der Waals surface area contributed by atoms with E-state index in [-0.39, 0.29) is 6.04 Å². The normalized spacial score (nSPS) is 20.9. The minimum absolute atomic E-state index is 0.202. The highest BCUT2D eigenvalue weighted by Crippen LogP contribution is 2.32. The van der Waals surface area contributed by atoms with Gasteiger partial charge in [-0.2, -0.15) is 0 Å². The Balaban J connectivity index is 2.24. The summed E-state index contributed by atoms with van der Waals surface area (Å²) in [6.45, 7) is 4.55. The zero-order chi connectivity index (χ0) is 14.4. The van der Waals surface area contributed by atoms with Crippen molar-refractivity contribution in [2.45, 2.75) is 57.5 Å². The van der Waals surface area contributed by atoms with Gasteiger partial charge in [0.1, 0.15) is 0 Å². The number of rotatable bonds is 4. The van der Waals surface area contributed by atoms with Gasteiger partial charge in [0.05, 0.1) is 6.04 Å². The third-order valence-corrected chi connectivity index (χ3v) is 5.11. The SMILES string of the molecule is CCC(N)C(c1ccccc1Br)N1CCCCCCC1. The quantitative estimate of drug-likeness (QED) is 0.875. The predicted molar refractivity (Wildman–Crippen MR) is 89.8 cm³/mol. The van der Waals surface area contributed by atoms with Crippen LogP contribution in [0.25, 0.3) is 0 Å². The maximum atomic E-state index is 6.48. The van der Waals surface area contributed by atoms with Crippen LogP contribution in [-0.4, -0.2) is 24.0 Å². The molecule has 0 aromatic heterocycles. The molecule has 1 aliphatic heterocycles. The molecule has 3 heteroatoms. The van der Waals surface area contributed by atoms with Gasteiger partial charge < -0.3 is 5.73 Å². The molecule has 1 heterocycles. The molecule has 0 saturated carbocycles. The summed E-state index contributed by atoms with van der Waals surface area (Å²) < 4.78 is 1.19. The predicted octanol–water partition coefficient (Wildman–Crippen LogP) is 4.49. The first-order chi connectivity index (χ1) is 9.74. The van der Waals surface area contributed by atoms with Gasteiger partial charge in [-0.15, -0.1) is 0 Å². The van der Waals surface area contributed by atoms with E-state index in [0.717, 1.165) is 6.42 Å². The Bertz CT molecular complexity index is 400. The molecule has 20 heavy (non-hydrogen) atoms. The summed E-state index contributed by atoms with van der Waals surface area (Å²) >= 11 is 3.71. The number of nitrogens with two attached hydrogens (primary N) is 1. The Kier molecular flexibility index (Phi) is 6.53. The van der Waals surface area contributed by atoms with Crippen molar-refractivity contribution in [3.63, 3.8) is 0 Å². The minimum Gasteiger partial charge on any atom is -0.326 e. The molecule has 0 aliphatic carbocycles. The molecule has 1 fully saturated rings. The Morgan fingerprint density at radius 1 is 1.10 bits per heavy atom. The Hall–Kier alpha value is -0.380. The second kappa shape index (κ2) is 8.16. The second-order valence-corrected chi connectivity index (χ2v) is 6.70. The molecule has 0 radical (unpaired) electrons. The van der Waals surface area contributed by atoms with Gasteiger partial charge in [0.25, 0.3) is 0 Å². The molecule has 2 N–H and O–H groups in total. The summed E-state index contributed by atoms with van der Waals surface area (Å²) in [4.78, 5) is 2.62. The summed E-state index contributed by atoms with van der Waals surface area (Å²) in [5, 5.41) is 0. The van der Waals surface area contributed by atoms with E-state index in [4.69, 9.17) is 5.73 Å². The van der Waals surface area contributed by atoms with Gasteiger partial charge in [0.2, 0.25) is 0 Å². The Labute approximate surface area is 131 Å². The van der Waals surface area contributed by atoms with Crippen LogP contribution in [-0.2, 0) is 0 Å². The molecule has 1 aromatic carbocycles. The summed E-state index contributed by atoms with van der Waals surface area (Å²) in [5.74, 6) is 0. The summed E-state index contributed by atoms with van der Waals surface area (Å²) in [6.07, 6.45) is 7.74. The molecule has 2 atom stereocenters. The van der Waals surface area contributed by atoms with Crippen LogP contribution in [0.3, 0.4) is 0 Å². The van der Waals surface area contributed by atoms with E-state index < -0.39 is 0 Å². The van der Waals surface area contributed by atoms with E-state index in [1.54, 1.807) is 0 Å². The molecular weight excluding hydrogens is 312 g/mol. The van der Waals surface area contributed by atoms with Crippen molar-refractivity contribution in [3.05, 3.63) is 34.3 Å². The standard InChI is InChI=1S/C17H27BrN2/c1-2-16(19)17(14-10-6-7-11-15(14)18)20-12-8-4-3-5-9-13-20/h6-7,10-11,16-17H,2-5,8-9,12-13,19H2,1H3. The third-order valence-electron chi connectivity index (χ3n) is 4.38. The third kappa shape index (κ3) is 4.06. The molecule has 2 unspecified atom stereocenters. The van der Waals surface area contributed by atoms with Crippen LogP contribution in [0.5, 0.6) is 0 Å². The van der Waals surface area contributed by atoms with Gasteiger partial charge in [-0.05, 0) is 44.0 Å². The molecular formula is C17H27BrN2.